The number of carbonyl (C=O) groups is 1. The summed E-state index contributed by atoms with van der Waals surface area (Å²) in [7, 11) is 0. The zero-order valence-corrected chi connectivity index (χ0v) is 15.9. The zero-order valence-electron chi connectivity index (χ0n) is 15.1. The van der Waals surface area contributed by atoms with Gasteiger partial charge in [0.25, 0.3) is 0 Å². The van der Waals surface area contributed by atoms with Crippen molar-refractivity contribution in [3.63, 3.8) is 0 Å². The molecule has 4 nitrogen and oxygen atoms in total. The monoisotopic (exact) mass is 388 g/mol. The predicted octanol–water partition coefficient (Wildman–Crippen LogP) is 5.87. The molecule has 0 radical (unpaired) electrons. The van der Waals surface area contributed by atoms with Crippen LogP contribution in [-0.4, -0.2) is 20.9 Å². The van der Waals surface area contributed by atoms with E-state index in [2.05, 4.69) is 0 Å². The van der Waals surface area contributed by atoms with E-state index in [9.17, 15) is 9.90 Å². The minimum atomic E-state index is -1.03. The van der Waals surface area contributed by atoms with Crippen molar-refractivity contribution in [3.05, 3.63) is 95.0 Å². The number of carboxylic acids is 1. The molecule has 4 rings (SSSR count). The summed E-state index contributed by atoms with van der Waals surface area (Å²) in [6, 6.07) is 24.3. The third-order valence-electron chi connectivity index (χ3n) is 4.54. The number of hydrogen-bond donors (Lipinski definition) is 1. The highest BCUT2D eigenvalue weighted by Crippen LogP contribution is 2.34. The molecule has 0 aliphatic heterocycles. The molecule has 3 aromatic carbocycles. The second-order valence-electron chi connectivity index (χ2n) is 6.50. The summed E-state index contributed by atoms with van der Waals surface area (Å²) in [6.45, 7) is 2.01. The van der Waals surface area contributed by atoms with Crippen LogP contribution in [0.15, 0.2) is 78.9 Å². The number of nitrogens with zero attached hydrogens (tertiary/aromatic N) is 2. The second kappa shape index (κ2) is 7.33. The van der Waals surface area contributed by atoms with Gasteiger partial charge in [-0.05, 0) is 31.2 Å². The van der Waals surface area contributed by atoms with Crippen LogP contribution in [0.25, 0.3) is 28.2 Å². The topological polar surface area (TPSA) is 55.1 Å². The van der Waals surface area contributed by atoms with Gasteiger partial charge in [-0.1, -0.05) is 71.8 Å². The van der Waals surface area contributed by atoms with Crippen LogP contribution in [0, 0.1) is 6.92 Å². The van der Waals surface area contributed by atoms with E-state index in [4.69, 9.17) is 16.7 Å². The predicted molar refractivity (Wildman–Crippen MR) is 111 cm³/mol. The highest BCUT2D eigenvalue weighted by molar-refractivity contribution is 6.30. The maximum Gasteiger partial charge on any atom is 0.340 e. The Bertz CT molecular complexity index is 1130. The van der Waals surface area contributed by atoms with Crippen molar-refractivity contribution in [2.24, 2.45) is 0 Å². The largest absolute Gasteiger partial charge is 0.478 e. The molecule has 28 heavy (non-hydrogen) atoms. The Morgan fingerprint density at radius 3 is 2.14 bits per heavy atom. The maximum absolute atomic E-state index is 12.3. The normalized spacial score (nSPS) is 10.8. The van der Waals surface area contributed by atoms with Gasteiger partial charge in [-0.3, -0.25) is 0 Å². The minimum Gasteiger partial charge on any atom is -0.478 e. The molecule has 5 heteroatoms. The molecule has 0 saturated heterocycles. The van der Waals surface area contributed by atoms with E-state index >= 15 is 0 Å². The molecule has 0 atom stereocenters. The molecule has 0 spiro atoms. The lowest BCUT2D eigenvalue weighted by atomic mass is 10.0. The second-order valence-corrected chi connectivity index (χ2v) is 6.93. The van der Waals surface area contributed by atoms with Gasteiger partial charge in [0.1, 0.15) is 11.3 Å². The Balaban J connectivity index is 2.04. The third-order valence-corrected chi connectivity index (χ3v) is 4.79. The standard InChI is InChI=1S/C23H17ClN2O2/c1-15-7-13-19(14-8-15)26-22(17-5-3-2-4-6-17)20(23(27)28)21(25-26)16-9-11-18(24)12-10-16/h2-14H,1H3,(H,27,28). The van der Waals surface area contributed by atoms with Crippen molar-refractivity contribution in [3.8, 4) is 28.2 Å². The molecule has 0 saturated carbocycles. The van der Waals surface area contributed by atoms with E-state index in [1.54, 1.807) is 28.9 Å². The van der Waals surface area contributed by atoms with Gasteiger partial charge in [-0.2, -0.15) is 5.10 Å². The first-order valence-electron chi connectivity index (χ1n) is 8.79. The van der Waals surface area contributed by atoms with Crippen molar-refractivity contribution in [2.45, 2.75) is 6.92 Å². The average molecular weight is 389 g/mol. The average Bonchev–Trinajstić information content (AvgIpc) is 3.11. The lowest BCUT2D eigenvalue weighted by Crippen LogP contribution is -2.03. The number of aromatic nitrogens is 2. The maximum atomic E-state index is 12.3. The number of rotatable bonds is 4. The van der Waals surface area contributed by atoms with Crippen molar-refractivity contribution < 1.29 is 9.90 Å². The van der Waals surface area contributed by atoms with Gasteiger partial charge < -0.3 is 5.11 Å². The fourth-order valence-electron chi connectivity index (χ4n) is 3.17. The molecule has 0 fully saturated rings. The van der Waals surface area contributed by atoms with Gasteiger partial charge >= 0.3 is 5.97 Å². The van der Waals surface area contributed by atoms with Gasteiger partial charge in [0.05, 0.1) is 11.4 Å². The minimum absolute atomic E-state index is 0.161. The first-order valence-corrected chi connectivity index (χ1v) is 9.17. The highest BCUT2D eigenvalue weighted by atomic mass is 35.5. The molecule has 0 aliphatic rings. The summed E-state index contributed by atoms with van der Waals surface area (Å²) in [5, 5.41) is 15.3. The Morgan fingerprint density at radius 1 is 0.893 bits per heavy atom. The van der Waals surface area contributed by atoms with Gasteiger partial charge in [0, 0.05) is 16.1 Å². The van der Waals surface area contributed by atoms with E-state index in [0.717, 1.165) is 16.8 Å². The summed E-state index contributed by atoms with van der Waals surface area (Å²) in [6.07, 6.45) is 0. The van der Waals surface area contributed by atoms with Crippen LogP contribution in [0.4, 0.5) is 0 Å². The number of benzene rings is 3. The van der Waals surface area contributed by atoms with Crippen molar-refractivity contribution in [2.75, 3.05) is 0 Å². The van der Waals surface area contributed by atoms with E-state index in [1.165, 1.54) is 0 Å². The van der Waals surface area contributed by atoms with E-state index in [0.29, 0.717) is 22.0 Å². The Hall–Kier alpha value is -3.37. The van der Waals surface area contributed by atoms with Gasteiger partial charge in [-0.25, -0.2) is 9.48 Å². The lowest BCUT2D eigenvalue weighted by Gasteiger charge is -2.09. The summed E-state index contributed by atoms with van der Waals surface area (Å²) in [4.78, 5) is 12.3. The first kappa shape index (κ1) is 18.0. The lowest BCUT2D eigenvalue weighted by molar-refractivity contribution is 0.0698. The van der Waals surface area contributed by atoms with Crippen molar-refractivity contribution in [1.82, 2.24) is 9.78 Å². The summed E-state index contributed by atoms with van der Waals surface area (Å²) in [5.74, 6) is -1.03. The zero-order chi connectivity index (χ0) is 19.7. The Morgan fingerprint density at radius 2 is 1.54 bits per heavy atom. The third kappa shape index (κ3) is 3.30. The van der Waals surface area contributed by atoms with E-state index in [-0.39, 0.29) is 5.56 Å². The van der Waals surface area contributed by atoms with E-state index < -0.39 is 5.97 Å². The number of hydrogen-bond acceptors (Lipinski definition) is 2. The molecule has 1 aromatic heterocycles. The molecule has 1 N–H and O–H groups in total. The van der Waals surface area contributed by atoms with Crippen LogP contribution in [0.5, 0.6) is 0 Å². The molecule has 4 aromatic rings. The molecule has 0 unspecified atom stereocenters. The van der Waals surface area contributed by atoms with E-state index in [1.807, 2.05) is 61.5 Å². The molecule has 138 valence electrons. The fourth-order valence-corrected chi connectivity index (χ4v) is 3.29. The number of carboxylic acid groups (broad SMARTS) is 1. The summed E-state index contributed by atoms with van der Waals surface area (Å²) < 4.78 is 1.70. The quantitative estimate of drug-likeness (QED) is 0.476. The molecule has 0 amide bonds. The van der Waals surface area contributed by atoms with Gasteiger partial charge in [0.2, 0.25) is 0 Å². The van der Waals surface area contributed by atoms with Crippen LogP contribution in [-0.2, 0) is 0 Å². The number of aromatic carboxylic acids is 1. The van der Waals surface area contributed by atoms with Crippen LogP contribution < -0.4 is 0 Å². The fraction of sp³-hybridized carbons (Fsp3) is 0.0435. The summed E-state index contributed by atoms with van der Waals surface area (Å²) in [5.41, 5.74) is 4.51. The van der Waals surface area contributed by atoms with Crippen LogP contribution in [0.1, 0.15) is 15.9 Å². The number of halogens is 1. The van der Waals surface area contributed by atoms with Gasteiger partial charge in [0.15, 0.2) is 0 Å². The SMILES string of the molecule is Cc1ccc(-n2nc(-c3ccc(Cl)cc3)c(C(=O)O)c2-c2ccccc2)cc1. The Labute approximate surface area is 167 Å². The Kier molecular flexibility index (Phi) is 4.72. The highest BCUT2D eigenvalue weighted by Gasteiger charge is 2.26. The first-order chi connectivity index (χ1) is 13.5. The number of aryl methyl sites for hydroxylation is 1. The van der Waals surface area contributed by atoms with Crippen LogP contribution in [0.2, 0.25) is 5.02 Å². The molecule has 0 aliphatic carbocycles. The molecule has 1 heterocycles. The van der Waals surface area contributed by atoms with Gasteiger partial charge in [-0.15, -0.1) is 0 Å². The van der Waals surface area contributed by atoms with Crippen molar-refractivity contribution in [1.29, 1.82) is 0 Å². The molecular formula is C23H17ClN2O2. The smallest absolute Gasteiger partial charge is 0.340 e. The van der Waals surface area contributed by atoms with Crippen molar-refractivity contribution >= 4 is 17.6 Å². The molecule has 0 bridgehead atoms. The van der Waals surface area contributed by atoms with Crippen LogP contribution >= 0.6 is 11.6 Å². The summed E-state index contributed by atoms with van der Waals surface area (Å²) >= 11 is 6.00. The van der Waals surface area contributed by atoms with Crippen LogP contribution in [0.3, 0.4) is 0 Å². The molecular weight excluding hydrogens is 372 g/mol.